The molecule has 1 aromatic rings. The van der Waals surface area contributed by atoms with Crippen LogP contribution in [0.25, 0.3) is 0 Å². The number of alkyl halides is 1. The number of benzene rings is 1. The average Bonchev–Trinajstić information content (AvgIpc) is 3.11. The highest BCUT2D eigenvalue weighted by Gasteiger charge is 2.25. The minimum absolute atomic E-state index is 0.737. The van der Waals surface area contributed by atoms with Crippen LogP contribution in [-0.2, 0) is 12.8 Å². The molecule has 2 aliphatic rings. The third kappa shape index (κ3) is 3.29. The summed E-state index contributed by atoms with van der Waals surface area (Å²) in [6.45, 7) is 3.04. The summed E-state index contributed by atoms with van der Waals surface area (Å²) in [6, 6.07) is 6.63. The van der Waals surface area contributed by atoms with E-state index in [4.69, 9.17) is 16.3 Å². The molecule has 1 fully saturated rings. The molecule has 2 unspecified atom stereocenters. The third-order valence-corrected chi connectivity index (χ3v) is 5.16. The molecule has 1 N–H and O–H groups in total. The largest absolute Gasteiger partial charge is 0.493 e. The third-order valence-electron chi connectivity index (χ3n) is 4.77. The number of halogens is 1. The van der Waals surface area contributed by atoms with Crippen molar-refractivity contribution >= 4 is 11.6 Å². The summed E-state index contributed by atoms with van der Waals surface area (Å²) in [5.41, 5.74) is 2.79. The van der Waals surface area contributed by atoms with Crippen molar-refractivity contribution < 1.29 is 4.74 Å². The first kappa shape index (κ1) is 14.2. The smallest absolute Gasteiger partial charge is 0.122 e. The maximum atomic E-state index is 6.03. The van der Waals surface area contributed by atoms with E-state index in [9.17, 15) is 0 Å². The second-order valence-electron chi connectivity index (χ2n) is 6.10. The van der Waals surface area contributed by atoms with Crippen molar-refractivity contribution in [2.45, 2.75) is 32.1 Å². The minimum atomic E-state index is 0.737. The Balaban J connectivity index is 1.41. The zero-order valence-electron chi connectivity index (χ0n) is 12.0. The van der Waals surface area contributed by atoms with Crippen LogP contribution in [0.2, 0.25) is 0 Å². The lowest BCUT2D eigenvalue weighted by Crippen LogP contribution is -2.27. The van der Waals surface area contributed by atoms with Crippen molar-refractivity contribution in [1.82, 2.24) is 5.32 Å². The van der Waals surface area contributed by atoms with Crippen LogP contribution in [0.15, 0.2) is 18.2 Å². The Morgan fingerprint density at radius 3 is 3.05 bits per heavy atom. The molecule has 0 spiro atoms. The van der Waals surface area contributed by atoms with Crippen molar-refractivity contribution in [3.8, 4) is 5.75 Å². The highest BCUT2D eigenvalue weighted by Crippen LogP contribution is 2.32. The summed E-state index contributed by atoms with van der Waals surface area (Å²) >= 11 is 6.03. The van der Waals surface area contributed by atoms with E-state index in [-0.39, 0.29) is 0 Å². The number of nitrogens with one attached hydrogen (secondary N) is 1. The predicted octanol–water partition coefficient (Wildman–Crippen LogP) is 3.41. The quantitative estimate of drug-likeness (QED) is 0.641. The van der Waals surface area contributed by atoms with Gasteiger partial charge >= 0.3 is 0 Å². The number of hydrogen-bond donors (Lipinski definition) is 1. The molecule has 3 rings (SSSR count). The molecule has 110 valence electrons. The maximum Gasteiger partial charge on any atom is 0.122 e. The lowest BCUT2D eigenvalue weighted by molar-refractivity contribution is 0.357. The summed E-state index contributed by atoms with van der Waals surface area (Å²) in [5.74, 6) is 3.44. The molecule has 3 heteroatoms. The fourth-order valence-electron chi connectivity index (χ4n) is 3.50. The zero-order chi connectivity index (χ0) is 13.8. The molecule has 0 saturated heterocycles. The highest BCUT2D eigenvalue weighted by molar-refractivity contribution is 6.18. The second-order valence-corrected chi connectivity index (χ2v) is 6.41. The number of fused-ring (bicyclic) bond motifs is 1. The molecule has 1 aromatic carbocycles. The Labute approximate surface area is 126 Å². The van der Waals surface area contributed by atoms with E-state index in [1.807, 2.05) is 0 Å². The van der Waals surface area contributed by atoms with Gasteiger partial charge in [-0.05, 0) is 61.4 Å². The van der Waals surface area contributed by atoms with Crippen LogP contribution >= 0.6 is 11.6 Å². The van der Waals surface area contributed by atoms with E-state index in [1.54, 1.807) is 0 Å². The van der Waals surface area contributed by atoms with Gasteiger partial charge in [-0.25, -0.2) is 0 Å². The van der Waals surface area contributed by atoms with Crippen molar-refractivity contribution in [3.63, 3.8) is 0 Å². The first-order valence-corrected chi connectivity index (χ1v) is 8.41. The van der Waals surface area contributed by atoms with Gasteiger partial charge in [0.05, 0.1) is 6.61 Å². The molecule has 0 bridgehead atoms. The van der Waals surface area contributed by atoms with Gasteiger partial charge in [0.25, 0.3) is 0 Å². The second kappa shape index (κ2) is 6.82. The first-order valence-electron chi connectivity index (χ1n) is 7.88. The Bertz CT molecular complexity index is 449. The zero-order valence-corrected chi connectivity index (χ0v) is 12.8. The van der Waals surface area contributed by atoms with Crippen molar-refractivity contribution in [2.24, 2.45) is 11.8 Å². The summed E-state index contributed by atoms with van der Waals surface area (Å²) in [6.07, 6.45) is 6.19. The van der Waals surface area contributed by atoms with Crippen molar-refractivity contribution in [1.29, 1.82) is 0 Å². The topological polar surface area (TPSA) is 21.3 Å². The van der Waals surface area contributed by atoms with Gasteiger partial charge in [0.2, 0.25) is 0 Å². The molecule has 1 heterocycles. The molecular weight excluding hydrogens is 270 g/mol. The van der Waals surface area contributed by atoms with Gasteiger partial charge in [0, 0.05) is 12.3 Å². The van der Waals surface area contributed by atoms with Gasteiger partial charge in [-0.1, -0.05) is 18.6 Å². The van der Waals surface area contributed by atoms with E-state index in [0.717, 1.165) is 56.0 Å². The molecule has 2 atom stereocenters. The molecule has 0 radical (unpaired) electrons. The van der Waals surface area contributed by atoms with Crippen molar-refractivity contribution in [3.05, 3.63) is 29.3 Å². The molecular formula is C17H24ClNO. The number of rotatable bonds is 6. The van der Waals surface area contributed by atoms with Gasteiger partial charge in [-0.3, -0.25) is 0 Å². The van der Waals surface area contributed by atoms with E-state index in [0.29, 0.717) is 0 Å². The average molecular weight is 294 g/mol. The normalized spacial score (nSPS) is 24.6. The fraction of sp³-hybridized carbons (Fsp3) is 0.647. The van der Waals surface area contributed by atoms with E-state index < -0.39 is 0 Å². The summed E-state index contributed by atoms with van der Waals surface area (Å²) < 4.78 is 5.54. The molecule has 0 aromatic heterocycles. The van der Waals surface area contributed by atoms with Crippen LogP contribution in [0.5, 0.6) is 5.75 Å². The van der Waals surface area contributed by atoms with Crippen LogP contribution in [0.4, 0.5) is 0 Å². The lowest BCUT2D eigenvalue weighted by Gasteiger charge is -2.17. The Hall–Kier alpha value is -0.730. The summed E-state index contributed by atoms with van der Waals surface area (Å²) in [4.78, 5) is 0. The van der Waals surface area contributed by atoms with Gasteiger partial charge < -0.3 is 10.1 Å². The first-order chi connectivity index (χ1) is 9.86. The number of ether oxygens (including phenoxy) is 1. The maximum absolute atomic E-state index is 6.03. The number of hydrogen-bond acceptors (Lipinski definition) is 2. The molecule has 0 amide bonds. The molecule has 2 nitrogen and oxygen atoms in total. The van der Waals surface area contributed by atoms with Crippen LogP contribution in [0.1, 0.15) is 30.4 Å². The molecule has 1 aliphatic heterocycles. The predicted molar refractivity (Wildman–Crippen MR) is 83.8 cm³/mol. The van der Waals surface area contributed by atoms with E-state index >= 15 is 0 Å². The van der Waals surface area contributed by atoms with Crippen LogP contribution in [0.3, 0.4) is 0 Å². The highest BCUT2D eigenvalue weighted by atomic mass is 35.5. The Morgan fingerprint density at radius 1 is 1.25 bits per heavy atom. The van der Waals surface area contributed by atoms with Gasteiger partial charge in [-0.2, -0.15) is 0 Å². The Kier molecular flexibility index (Phi) is 4.85. The summed E-state index contributed by atoms with van der Waals surface area (Å²) in [5, 5.41) is 3.62. The molecule has 20 heavy (non-hydrogen) atoms. The van der Waals surface area contributed by atoms with Crippen LogP contribution < -0.4 is 10.1 Å². The SMILES string of the molecule is ClCC1CCCC1CNCCc1ccc2c(c1)CCO2. The fourth-order valence-corrected chi connectivity index (χ4v) is 3.91. The standard InChI is InChI=1S/C17H24ClNO/c18-11-15-2-1-3-16(15)12-19-8-6-13-4-5-17-14(10-13)7-9-20-17/h4-5,10,15-16,19H,1-3,6-9,11-12H2. The molecule has 1 saturated carbocycles. The van der Waals surface area contributed by atoms with Gasteiger partial charge in [-0.15, -0.1) is 11.6 Å². The summed E-state index contributed by atoms with van der Waals surface area (Å²) in [7, 11) is 0. The van der Waals surface area contributed by atoms with Crippen LogP contribution in [-0.4, -0.2) is 25.6 Å². The van der Waals surface area contributed by atoms with E-state index in [1.165, 1.54) is 30.4 Å². The van der Waals surface area contributed by atoms with E-state index in [2.05, 4.69) is 23.5 Å². The van der Waals surface area contributed by atoms with Crippen molar-refractivity contribution in [2.75, 3.05) is 25.6 Å². The lowest BCUT2D eigenvalue weighted by atomic mass is 9.98. The van der Waals surface area contributed by atoms with Gasteiger partial charge in [0.15, 0.2) is 0 Å². The minimum Gasteiger partial charge on any atom is -0.493 e. The Morgan fingerprint density at radius 2 is 2.15 bits per heavy atom. The van der Waals surface area contributed by atoms with Crippen LogP contribution in [0, 0.1) is 11.8 Å². The molecule has 1 aliphatic carbocycles. The monoisotopic (exact) mass is 293 g/mol. The van der Waals surface area contributed by atoms with Gasteiger partial charge in [0.1, 0.15) is 5.75 Å².